The molecule has 0 saturated carbocycles. The van der Waals surface area contributed by atoms with Gasteiger partial charge in [-0.05, 0) is 36.4 Å². The van der Waals surface area contributed by atoms with E-state index in [9.17, 15) is 13.2 Å². The number of carbonyl (C=O) groups excluding carboxylic acids is 1. The molecule has 2 aromatic carbocycles. The standard InChI is InChI=1S/C23H19Cl2N3O3S2/c1-4-11-27(12-5-2)33(30,31)18-9-7-16(8-10-18)22(29)26-23-28(13-6-3)21-19(25)14-17(24)15-20(21)32-23/h3-5,7-10,14-15H,1-2,11-13H2. The Bertz CT molecular complexity index is 1440. The molecule has 0 saturated heterocycles. The van der Waals surface area contributed by atoms with Crippen molar-refractivity contribution in [2.75, 3.05) is 13.1 Å². The number of rotatable bonds is 8. The number of hydrogen-bond acceptors (Lipinski definition) is 4. The summed E-state index contributed by atoms with van der Waals surface area (Å²) in [5.74, 6) is 1.99. The predicted molar refractivity (Wildman–Crippen MR) is 134 cm³/mol. The van der Waals surface area contributed by atoms with E-state index in [4.69, 9.17) is 29.6 Å². The molecule has 3 rings (SSSR count). The fourth-order valence-electron chi connectivity index (χ4n) is 3.08. The third-order valence-electron chi connectivity index (χ3n) is 4.55. The van der Waals surface area contributed by atoms with E-state index in [1.165, 1.54) is 52.1 Å². The van der Waals surface area contributed by atoms with Crippen molar-refractivity contribution in [1.29, 1.82) is 0 Å². The molecule has 33 heavy (non-hydrogen) atoms. The summed E-state index contributed by atoms with van der Waals surface area (Å²) in [6.45, 7) is 7.61. The minimum atomic E-state index is -3.77. The zero-order chi connectivity index (χ0) is 24.2. The van der Waals surface area contributed by atoms with E-state index < -0.39 is 15.9 Å². The van der Waals surface area contributed by atoms with Gasteiger partial charge < -0.3 is 4.57 Å². The summed E-state index contributed by atoms with van der Waals surface area (Å²) < 4.78 is 29.3. The van der Waals surface area contributed by atoms with Gasteiger partial charge in [0, 0.05) is 23.7 Å². The number of terminal acetylenes is 1. The van der Waals surface area contributed by atoms with Crippen molar-refractivity contribution < 1.29 is 13.2 Å². The Hall–Kier alpha value is -2.67. The van der Waals surface area contributed by atoms with Gasteiger partial charge in [-0.15, -0.1) is 19.6 Å². The first kappa shape index (κ1) is 25.0. The molecule has 0 unspecified atom stereocenters. The van der Waals surface area contributed by atoms with Crippen LogP contribution in [0.3, 0.4) is 0 Å². The molecule has 0 radical (unpaired) electrons. The van der Waals surface area contributed by atoms with Crippen LogP contribution in [0.5, 0.6) is 0 Å². The van der Waals surface area contributed by atoms with Gasteiger partial charge in [0.05, 0.1) is 26.7 Å². The Morgan fingerprint density at radius 3 is 2.39 bits per heavy atom. The van der Waals surface area contributed by atoms with Crippen LogP contribution >= 0.6 is 34.5 Å². The molecule has 0 N–H and O–H groups in total. The van der Waals surface area contributed by atoms with Crippen molar-refractivity contribution in [2.24, 2.45) is 4.99 Å². The molecule has 6 nitrogen and oxygen atoms in total. The maximum Gasteiger partial charge on any atom is 0.279 e. The van der Waals surface area contributed by atoms with Gasteiger partial charge in [-0.2, -0.15) is 9.30 Å². The number of aromatic nitrogens is 1. The molecule has 10 heteroatoms. The lowest BCUT2D eigenvalue weighted by Gasteiger charge is -2.19. The summed E-state index contributed by atoms with van der Waals surface area (Å²) in [4.78, 5) is 17.4. The van der Waals surface area contributed by atoms with Crippen LogP contribution in [0, 0.1) is 12.3 Å². The van der Waals surface area contributed by atoms with Gasteiger partial charge in [0.1, 0.15) is 0 Å². The van der Waals surface area contributed by atoms with Crippen LogP contribution in [0.15, 0.2) is 71.6 Å². The molecule has 1 amide bonds. The van der Waals surface area contributed by atoms with E-state index in [0.717, 1.165) is 4.70 Å². The fourth-order valence-corrected chi connectivity index (χ4v) is 6.27. The maximum atomic E-state index is 12.8. The first-order chi connectivity index (χ1) is 15.7. The topological polar surface area (TPSA) is 71.7 Å². The first-order valence-electron chi connectivity index (χ1n) is 9.55. The number of amides is 1. The summed E-state index contributed by atoms with van der Waals surface area (Å²) >= 11 is 13.6. The Morgan fingerprint density at radius 2 is 1.82 bits per heavy atom. The van der Waals surface area contributed by atoms with E-state index in [2.05, 4.69) is 24.1 Å². The van der Waals surface area contributed by atoms with Crippen LogP contribution in [0.2, 0.25) is 10.0 Å². The monoisotopic (exact) mass is 519 g/mol. The zero-order valence-electron chi connectivity index (χ0n) is 17.4. The molecule has 0 aliphatic rings. The highest BCUT2D eigenvalue weighted by Gasteiger charge is 2.22. The summed E-state index contributed by atoms with van der Waals surface area (Å²) in [6.07, 6.45) is 8.48. The van der Waals surface area contributed by atoms with Crippen LogP contribution in [0.1, 0.15) is 10.4 Å². The number of halogens is 2. The smallest absolute Gasteiger partial charge is 0.279 e. The molecule has 0 aliphatic carbocycles. The molecule has 3 aromatic rings. The maximum absolute atomic E-state index is 12.8. The van der Waals surface area contributed by atoms with Gasteiger partial charge in [0.25, 0.3) is 5.91 Å². The number of fused-ring (bicyclic) bond motifs is 1. The normalized spacial score (nSPS) is 12.1. The minimum absolute atomic E-state index is 0.0495. The number of sulfonamides is 1. The Balaban J connectivity index is 2.00. The molecule has 1 heterocycles. The molecule has 0 aliphatic heterocycles. The molecular formula is C23H19Cl2N3O3S2. The second kappa shape index (κ2) is 10.5. The summed E-state index contributed by atoms with van der Waals surface area (Å²) in [5, 5.41) is 0.856. The van der Waals surface area contributed by atoms with Crippen LogP contribution in [-0.4, -0.2) is 36.3 Å². The third kappa shape index (κ3) is 5.29. The van der Waals surface area contributed by atoms with Gasteiger partial charge in [-0.25, -0.2) is 8.42 Å². The SMILES string of the molecule is C#CCn1c(=NC(=O)c2ccc(S(=O)(=O)N(CC=C)CC=C)cc2)sc2cc(Cl)cc(Cl)c21. The van der Waals surface area contributed by atoms with Crippen molar-refractivity contribution in [3.63, 3.8) is 0 Å². The molecule has 0 atom stereocenters. The van der Waals surface area contributed by atoms with Gasteiger partial charge in [-0.1, -0.05) is 52.6 Å². The second-order valence-electron chi connectivity index (χ2n) is 6.75. The lowest BCUT2D eigenvalue weighted by atomic mass is 10.2. The van der Waals surface area contributed by atoms with Crippen LogP contribution < -0.4 is 4.80 Å². The largest absolute Gasteiger partial charge is 0.303 e. The molecule has 1 aromatic heterocycles. The quantitative estimate of drug-likeness (QED) is 0.318. The number of thiazole rings is 1. The number of hydrogen-bond donors (Lipinski definition) is 0. The van der Waals surface area contributed by atoms with E-state index in [0.29, 0.717) is 20.4 Å². The summed E-state index contributed by atoms with van der Waals surface area (Å²) in [6, 6.07) is 8.89. The Morgan fingerprint density at radius 1 is 1.18 bits per heavy atom. The van der Waals surface area contributed by atoms with Gasteiger partial charge in [0.2, 0.25) is 10.0 Å². The first-order valence-corrected chi connectivity index (χ1v) is 12.6. The predicted octanol–water partition coefficient (Wildman–Crippen LogP) is 4.75. The zero-order valence-corrected chi connectivity index (χ0v) is 20.5. The number of benzene rings is 2. The molecule has 170 valence electrons. The highest BCUT2D eigenvalue weighted by molar-refractivity contribution is 7.89. The number of carbonyl (C=O) groups is 1. The Labute approximate surface area is 206 Å². The Kier molecular flexibility index (Phi) is 7.95. The van der Waals surface area contributed by atoms with Gasteiger partial charge in [0.15, 0.2) is 4.80 Å². The van der Waals surface area contributed by atoms with Crippen LogP contribution in [0.4, 0.5) is 0 Å². The van der Waals surface area contributed by atoms with E-state index in [-0.39, 0.29) is 30.1 Å². The van der Waals surface area contributed by atoms with Crippen molar-refractivity contribution in [2.45, 2.75) is 11.4 Å². The molecular weight excluding hydrogens is 501 g/mol. The van der Waals surface area contributed by atoms with Gasteiger partial charge in [-0.3, -0.25) is 4.79 Å². The molecule has 0 fully saturated rings. The lowest BCUT2D eigenvalue weighted by molar-refractivity contribution is 0.0998. The van der Waals surface area contributed by atoms with Crippen LogP contribution in [-0.2, 0) is 16.6 Å². The average molecular weight is 520 g/mol. The second-order valence-corrected chi connectivity index (χ2v) is 10.5. The van der Waals surface area contributed by atoms with Gasteiger partial charge >= 0.3 is 0 Å². The summed E-state index contributed by atoms with van der Waals surface area (Å²) in [7, 11) is -3.77. The van der Waals surface area contributed by atoms with Crippen molar-refractivity contribution >= 4 is 60.7 Å². The van der Waals surface area contributed by atoms with Crippen molar-refractivity contribution in [1.82, 2.24) is 8.87 Å². The average Bonchev–Trinajstić information content (AvgIpc) is 3.10. The highest BCUT2D eigenvalue weighted by Crippen LogP contribution is 2.29. The van der Waals surface area contributed by atoms with Crippen molar-refractivity contribution in [3.05, 3.63) is 82.1 Å². The van der Waals surface area contributed by atoms with E-state index in [1.807, 2.05) is 0 Å². The van der Waals surface area contributed by atoms with Crippen molar-refractivity contribution in [3.8, 4) is 12.3 Å². The third-order valence-corrected chi connectivity index (χ3v) is 7.92. The fraction of sp³-hybridized carbons (Fsp3) is 0.130. The highest BCUT2D eigenvalue weighted by atomic mass is 35.5. The van der Waals surface area contributed by atoms with E-state index >= 15 is 0 Å². The number of nitrogens with zero attached hydrogens (tertiary/aromatic N) is 3. The van der Waals surface area contributed by atoms with E-state index in [1.54, 1.807) is 16.7 Å². The lowest BCUT2D eigenvalue weighted by Crippen LogP contribution is -2.31. The molecule has 0 spiro atoms. The van der Waals surface area contributed by atoms with Crippen LogP contribution in [0.25, 0.3) is 10.2 Å². The molecule has 0 bridgehead atoms. The minimum Gasteiger partial charge on any atom is -0.303 e. The summed E-state index contributed by atoms with van der Waals surface area (Å²) in [5.41, 5.74) is 0.864.